The van der Waals surface area contributed by atoms with Gasteiger partial charge in [-0.15, -0.1) is 0 Å². The predicted molar refractivity (Wildman–Crippen MR) is 86.8 cm³/mol. The fourth-order valence-corrected chi connectivity index (χ4v) is 2.02. The highest BCUT2D eigenvalue weighted by atomic mass is 16.6. The Labute approximate surface area is 137 Å². The molecular formula is C16H13N5O3. The molecule has 24 heavy (non-hydrogen) atoms. The lowest BCUT2D eigenvalue weighted by Gasteiger charge is -2.09. The van der Waals surface area contributed by atoms with Crippen molar-refractivity contribution in [3.63, 3.8) is 0 Å². The molecule has 8 heteroatoms. The average molecular weight is 323 g/mol. The van der Waals surface area contributed by atoms with E-state index in [0.717, 1.165) is 5.56 Å². The summed E-state index contributed by atoms with van der Waals surface area (Å²) in [5.74, 6) is 0.428. The van der Waals surface area contributed by atoms with Gasteiger partial charge in [0, 0.05) is 18.9 Å². The zero-order valence-corrected chi connectivity index (χ0v) is 12.5. The molecule has 0 unspecified atom stereocenters. The second-order valence-electron chi connectivity index (χ2n) is 4.76. The fraction of sp³-hybridized carbons (Fsp3) is 0.0625. The number of hydrogen-bond donors (Lipinski definition) is 1. The number of nitrogens with one attached hydrogen (secondary N) is 1. The quantitative estimate of drug-likeness (QED) is 0.549. The molecule has 0 spiro atoms. The van der Waals surface area contributed by atoms with Crippen LogP contribution in [0.4, 0.5) is 11.5 Å². The first-order valence-electron chi connectivity index (χ1n) is 7.09. The largest absolute Gasteiger partial charge is 0.434 e. The highest BCUT2D eigenvalue weighted by Gasteiger charge is 2.24. The molecule has 120 valence electrons. The minimum absolute atomic E-state index is 0.0878. The zero-order valence-electron chi connectivity index (χ0n) is 12.5. The number of hydrogen-bond acceptors (Lipinski definition) is 7. The van der Waals surface area contributed by atoms with Crippen LogP contribution in [-0.2, 0) is 6.54 Å². The first kappa shape index (κ1) is 15.3. The lowest BCUT2D eigenvalue weighted by atomic mass is 10.3. The molecule has 0 aliphatic heterocycles. The molecule has 3 aromatic rings. The number of nitro groups is 1. The molecule has 2 heterocycles. The normalized spacial score (nSPS) is 10.2. The third kappa shape index (κ3) is 3.61. The summed E-state index contributed by atoms with van der Waals surface area (Å²) >= 11 is 0. The zero-order chi connectivity index (χ0) is 16.8. The molecule has 0 atom stereocenters. The van der Waals surface area contributed by atoms with Gasteiger partial charge in [-0.05, 0) is 23.8 Å². The van der Waals surface area contributed by atoms with E-state index in [1.807, 2.05) is 12.1 Å². The van der Waals surface area contributed by atoms with Gasteiger partial charge in [0.1, 0.15) is 12.1 Å². The van der Waals surface area contributed by atoms with Crippen LogP contribution in [0.1, 0.15) is 5.56 Å². The summed E-state index contributed by atoms with van der Waals surface area (Å²) in [7, 11) is 0. The van der Waals surface area contributed by atoms with E-state index in [2.05, 4.69) is 20.3 Å². The topological polar surface area (TPSA) is 103 Å². The summed E-state index contributed by atoms with van der Waals surface area (Å²) in [5, 5.41) is 14.4. The molecule has 0 saturated carbocycles. The Bertz CT molecular complexity index is 828. The molecule has 0 saturated heterocycles. The number of para-hydroxylation sites is 1. The van der Waals surface area contributed by atoms with Gasteiger partial charge in [-0.3, -0.25) is 15.1 Å². The third-order valence-electron chi connectivity index (χ3n) is 3.11. The Morgan fingerprint density at radius 1 is 1.12 bits per heavy atom. The Balaban J connectivity index is 1.86. The summed E-state index contributed by atoms with van der Waals surface area (Å²) in [6.45, 7) is 0.344. The number of pyridine rings is 1. The van der Waals surface area contributed by atoms with E-state index >= 15 is 0 Å². The molecule has 0 aliphatic rings. The number of nitrogens with zero attached hydrogens (tertiary/aromatic N) is 4. The van der Waals surface area contributed by atoms with Gasteiger partial charge >= 0.3 is 11.6 Å². The lowest BCUT2D eigenvalue weighted by molar-refractivity contribution is -0.385. The number of aromatic nitrogens is 3. The van der Waals surface area contributed by atoms with E-state index in [4.69, 9.17) is 4.74 Å². The predicted octanol–water partition coefficient (Wildman–Crippen LogP) is 3.18. The van der Waals surface area contributed by atoms with Crippen LogP contribution in [0.3, 0.4) is 0 Å². The lowest BCUT2D eigenvalue weighted by Crippen LogP contribution is -2.07. The molecule has 0 fully saturated rings. The van der Waals surface area contributed by atoms with Gasteiger partial charge in [0.25, 0.3) is 0 Å². The number of benzene rings is 1. The van der Waals surface area contributed by atoms with Crippen LogP contribution in [0.25, 0.3) is 0 Å². The van der Waals surface area contributed by atoms with Crippen LogP contribution in [0.2, 0.25) is 0 Å². The van der Waals surface area contributed by atoms with E-state index in [0.29, 0.717) is 12.3 Å². The van der Waals surface area contributed by atoms with E-state index in [9.17, 15) is 10.1 Å². The smallest absolute Gasteiger partial charge is 0.373 e. The minimum atomic E-state index is -0.566. The Morgan fingerprint density at radius 3 is 2.67 bits per heavy atom. The van der Waals surface area contributed by atoms with Crippen molar-refractivity contribution in [2.75, 3.05) is 5.32 Å². The summed E-state index contributed by atoms with van der Waals surface area (Å²) in [6.07, 6.45) is 4.54. The van der Waals surface area contributed by atoms with E-state index in [-0.39, 0.29) is 17.4 Å². The van der Waals surface area contributed by atoms with Gasteiger partial charge in [0.15, 0.2) is 0 Å². The Hall–Kier alpha value is -3.55. The molecule has 2 aromatic heterocycles. The van der Waals surface area contributed by atoms with Crippen LogP contribution < -0.4 is 10.1 Å². The van der Waals surface area contributed by atoms with Crippen LogP contribution in [0.15, 0.2) is 61.2 Å². The van der Waals surface area contributed by atoms with Crippen molar-refractivity contribution in [2.45, 2.75) is 6.54 Å². The van der Waals surface area contributed by atoms with Crippen molar-refractivity contribution in [3.05, 3.63) is 76.9 Å². The average Bonchev–Trinajstić information content (AvgIpc) is 2.61. The second kappa shape index (κ2) is 7.14. The first-order chi connectivity index (χ1) is 11.7. The van der Waals surface area contributed by atoms with E-state index < -0.39 is 4.92 Å². The summed E-state index contributed by atoms with van der Waals surface area (Å²) < 4.78 is 5.52. The van der Waals surface area contributed by atoms with Gasteiger partial charge in [-0.2, -0.15) is 4.98 Å². The molecule has 0 radical (unpaired) electrons. The van der Waals surface area contributed by atoms with Crippen molar-refractivity contribution >= 4 is 11.5 Å². The van der Waals surface area contributed by atoms with Crippen LogP contribution >= 0.6 is 0 Å². The van der Waals surface area contributed by atoms with E-state index in [1.54, 1.807) is 42.7 Å². The molecule has 3 rings (SSSR count). The monoisotopic (exact) mass is 323 g/mol. The Morgan fingerprint density at radius 2 is 1.96 bits per heavy atom. The van der Waals surface area contributed by atoms with Gasteiger partial charge in [-0.1, -0.05) is 24.3 Å². The molecule has 0 aliphatic carbocycles. The molecule has 0 bridgehead atoms. The number of ether oxygens (including phenoxy) is 1. The van der Waals surface area contributed by atoms with Gasteiger partial charge in [-0.25, -0.2) is 4.98 Å². The summed E-state index contributed by atoms with van der Waals surface area (Å²) in [4.78, 5) is 22.7. The SMILES string of the molecule is O=[N+]([O-])c1c(NCc2cccnc2)ncnc1Oc1ccccc1. The van der Waals surface area contributed by atoms with Crippen molar-refractivity contribution in [3.8, 4) is 11.6 Å². The third-order valence-corrected chi connectivity index (χ3v) is 3.11. The second-order valence-corrected chi connectivity index (χ2v) is 4.76. The van der Waals surface area contributed by atoms with Crippen molar-refractivity contribution in [1.29, 1.82) is 0 Å². The Kier molecular flexibility index (Phi) is 4.57. The molecule has 1 N–H and O–H groups in total. The van der Waals surface area contributed by atoms with Crippen molar-refractivity contribution < 1.29 is 9.66 Å². The van der Waals surface area contributed by atoms with Crippen molar-refractivity contribution in [2.24, 2.45) is 0 Å². The maximum atomic E-state index is 11.4. The van der Waals surface area contributed by atoms with Gasteiger partial charge < -0.3 is 10.1 Å². The standard InChI is InChI=1S/C16H13N5O3/c22-21(23)14-15(18-10-12-5-4-8-17-9-12)19-11-20-16(14)24-13-6-2-1-3-7-13/h1-9,11H,10H2,(H,18,19,20). The maximum absolute atomic E-state index is 11.4. The van der Waals surface area contributed by atoms with Gasteiger partial charge in [0.2, 0.25) is 5.82 Å². The fourth-order valence-electron chi connectivity index (χ4n) is 2.02. The van der Waals surface area contributed by atoms with E-state index in [1.165, 1.54) is 6.33 Å². The van der Waals surface area contributed by atoms with Crippen molar-refractivity contribution in [1.82, 2.24) is 15.0 Å². The first-order valence-corrected chi connectivity index (χ1v) is 7.09. The molecular weight excluding hydrogens is 310 g/mol. The van der Waals surface area contributed by atoms with Crippen LogP contribution in [-0.4, -0.2) is 19.9 Å². The highest BCUT2D eigenvalue weighted by Crippen LogP contribution is 2.33. The highest BCUT2D eigenvalue weighted by molar-refractivity contribution is 5.61. The summed E-state index contributed by atoms with van der Waals surface area (Å²) in [6, 6.07) is 12.4. The van der Waals surface area contributed by atoms with Crippen LogP contribution in [0, 0.1) is 10.1 Å². The van der Waals surface area contributed by atoms with Gasteiger partial charge in [0.05, 0.1) is 4.92 Å². The molecule has 8 nitrogen and oxygen atoms in total. The molecule has 1 aromatic carbocycles. The number of rotatable bonds is 6. The molecule has 0 amide bonds. The number of anilines is 1. The summed E-state index contributed by atoms with van der Waals surface area (Å²) in [5.41, 5.74) is 0.557. The maximum Gasteiger partial charge on any atom is 0.373 e. The van der Waals surface area contributed by atoms with Crippen LogP contribution in [0.5, 0.6) is 11.6 Å². The minimum Gasteiger partial charge on any atom is -0.434 e.